The molecule has 0 saturated carbocycles. The van der Waals surface area contributed by atoms with Gasteiger partial charge in [0.1, 0.15) is 5.76 Å². The monoisotopic (exact) mass is 271 g/mol. The molecule has 0 saturated heterocycles. The minimum Gasteiger partial charge on any atom is -0.468 e. The Kier molecular flexibility index (Phi) is 4.19. The molecule has 0 bridgehead atoms. The average molecular weight is 271 g/mol. The third kappa shape index (κ3) is 2.79. The highest BCUT2D eigenvalue weighted by molar-refractivity contribution is 5.32. The number of hydrogen-bond donors (Lipinski definition) is 1. The number of aliphatic hydroxyl groups is 1. The molecule has 0 aliphatic heterocycles. The van der Waals surface area contributed by atoms with Gasteiger partial charge >= 0.3 is 0 Å². The Morgan fingerprint density at radius 1 is 1.20 bits per heavy atom. The summed E-state index contributed by atoms with van der Waals surface area (Å²) in [4.78, 5) is 2.33. The van der Waals surface area contributed by atoms with Gasteiger partial charge in [-0.1, -0.05) is 24.3 Å². The van der Waals surface area contributed by atoms with Crippen molar-refractivity contribution in [1.29, 1.82) is 0 Å². The highest BCUT2D eigenvalue weighted by atomic mass is 16.3. The maximum atomic E-state index is 9.37. The van der Waals surface area contributed by atoms with Gasteiger partial charge in [0, 0.05) is 12.6 Å². The zero-order valence-corrected chi connectivity index (χ0v) is 11.7. The van der Waals surface area contributed by atoms with Gasteiger partial charge in [-0.3, -0.25) is 4.90 Å². The lowest BCUT2D eigenvalue weighted by atomic mass is 9.86. The van der Waals surface area contributed by atoms with E-state index < -0.39 is 0 Å². The summed E-state index contributed by atoms with van der Waals surface area (Å²) in [5.74, 6) is 0.960. The lowest BCUT2D eigenvalue weighted by Crippen LogP contribution is -2.33. The van der Waals surface area contributed by atoms with Crippen LogP contribution in [-0.4, -0.2) is 23.2 Å². The summed E-state index contributed by atoms with van der Waals surface area (Å²) in [5, 5.41) is 9.37. The van der Waals surface area contributed by atoms with Crippen molar-refractivity contribution in [2.75, 3.05) is 13.2 Å². The van der Waals surface area contributed by atoms with Crippen LogP contribution in [0.25, 0.3) is 0 Å². The van der Waals surface area contributed by atoms with E-state index in [1.54, 1.807) is 6.26 Å². The Hall–Kier alpha value is -1.58. The Morgan fingerprint density at radius 3 is 2.90 bits per heavy atom. The first kappa shape index (κ1) is 13.4. The second-order valence-electron chi connectivity index (χ2n) is 5.38. The summed E-state index contributed by atoms with van der Waals surface area (Å²) in [6.07, 6.45) is 5.24. The lowest BCUT2D eigenvalue weighted by Gasteiger charge is -2.35. The Morgan fingerprint density at radius 2 is 2.10 bits per heavy atom. The summed E-state index contributed by atoms with van der Waals surface area (Å²) in [6.45, 7) is 1.62. The second-order valence-corrected chi connectivity index (χ2v) is 5.38. The number of furan rings is 1. The van der Waals surface area contributed by atoms with Crippen LogP contribution in [0.3, 0.4) is 0 Å². The Balaban J connectivity index is 1.84. The van der Waals surface area contributed by atoms with Crippen molar-refractivity contribution in [1.82, 2.24) is 4.90 Å². The summed E-state index contributed by atoms with van der Waals surface area (Å²) >= 11 is 0. The molecule has 1 aromatic heterocycles. The van der Waals surface area contributed by atoms with Crippen LogP contribution in [0.5, 0.6) is 0 Å². The molecule has 0 amide bonds. The first-order valence-corrected chi connectivity index (χ1v) is 7.33. The van der Waals surface area contributed by atoms with Crippen LogP contribution in [0, 0.1) is 0 Å². The van der Waals surface area contributed by atoms with E-state index in [1.807, 2.05) is 12.1 Å². The summed E-state index contributed by atoms with van der Waals surface area (Å²) in [5.41, 5.74) is 2.87. The minimum atomic E-state index is 0.180. The number of benzene rings is 1. The smallest absolute Gasteiger partial charge is 0.117 e. The quantitative estimate of drug-likeness (QED) is 0.907. The first-order chi connectivity index (χ1) is 9.88. The zero-order valence-electron chi connectivity index (χ0n) is 11.7. The van der Waals surface area contributed by atoms with Gasteiger partial charge in [-0.25, -0.2) is 0 Å². The van der Waals surface area contributed by atoms with Gasteiger partial charge in [-0.05, 0) is 42.5 Å². The fraction of sp³-hybridized carbons (Fsp3) is 0.412. The van der Waals surface area contributed by atoms with Gasteiger partial charge in [-0.15, -0.1) is 0 Å². The Bertz CT molecular complexity index is 536. The molecular formula is C17H21NO2. The van der Waals surface area contributed by atoms with Crippen molar-refractivity contribution in [2.45, 2.75) is 31.8 Å². The molecule has 1 aliphatic carbocycles. The van der Waals surface area contributed by atoms with Crippen molar-refractivity contribution in [2.24, 2.45) is 0 Å². The maximum absolute atomic E-state index is 9.37. The fourth-order valence-corrected chi connectivity index (χ4v) is 3.18. The van der Waals surface area contributed by atoms with Crippen LogP contribution >= 0.6 is 0 Å². The number of aliphatic hydroxyl groups excluding tert-OH is 1. The zero-order chi connectivity index (χ0) is 13.8. The third-order valence-corrected chi connectivity index (χ3v) is 4.10. The summed E-state index contributed by atoms with van der Waals surface area (Å²) in [7, 11) is 0. The van der Waals surface area contributed by atoms with Crippen molar-refractivity contribution in [3.05, 3.63) is 59.5 Å². The molecule has 2 aromatic rings. The SMILES string of the molecule is OCCN(Cc1ccco1)C1CCCc2ccccc21. The molecular weight excluding hydrogens is 250 g/mol. The number of rotatable bonds is 5. The molecule has 0 radical (unpaired) electrons. The third-order valence-electron chi connectivity index (χ3n) is 4.10. The van der Waals surface area contributed by atoms with Gasteiger partial charge in [0.15, 0.2) is 0 Å². The van der Waals surface area contributed by atoms with E-state index in [0.717, 1.165) is 18.7 Å². The molecule has 1 unspecified atom stereocenters. The first-order valence-electron chi connectivity index (χ1n) is 7.33. The second kappa shape index (κ2) is 6.25. The summed E-state index contributed by atoms with van der Waals surface area (Å²) in [6, 6.07) is 13.0. The molecule has 1 aliphatic rings. The van der Waals surface area contributed by atoms with E-state index in [2.05, 4.69) is 29.2 Å². The molecule has 3 nitrogen and oxygen atoms in total. The molecule has 106 valence electrons. The molecule has 20 heavy (non-hydrogen) atoms. The molecule has 1 heterocycles. The van der Waals surface area contributed by atoms with E-state index in [-0.39, 0.29) is 6.61 Å². The van der Waals surface area contributed by atoms with Gasteiger partial charge < -0.3 is 9.52 Å². The van der Waals surface area contributed by atoms with Crippen molar-refractivity contribution in [3.63, 3.8) is 0 Å². The predicted molar refractivity (Wildman–Crippen MR) is 78.3 cm³/mol. The standard InChI is InChI=1S/C17H21NO2/c19-11-10-18(13-15-7-4-12-20-15)17-9-3-6-14-5-1-2-8-16(14)17/h1-2,4-5,7-8,12,17,19H,3,6,9-11,13H2. The topological polar surface area (TPSA) is 36.6 Å². The molecule has 0 spiro atoms. The van der Waals surface area contributed by atoms with Crippen LogP contribution in [0.2, 0.25) is 0 Å². The van der Waals surface area contributed by atoms with E-state index in [0.29, 0.717) is 12.6 Å². The number of aryl methyl sites for hydroxylation is 1. The van der Waals surface area contributed by atoms with Crippen LogP contribution < -0.4 is 0 Å². The highest BCUT2D eigenvalue weighted by Gasteiger charge is 2.25. The van der Waals surface area contributed by atoms with E-state index in [9.17, 15) is 5.11 Å². The van der Waals surface area contributed by atoms with Gasteiger partial charge in [0.25, 0.3) is 0 Å². The fourth-order valence-electron chi connectivity index (χ4n) is 3.18. The summed E-state index contributed by atoms with van der Waals surface area (Å²) < 4.78 is 5.47. The molecule has 0 fully saturated rings. The minimum absolute atomic E-state index is 0.180. The van der Waals surface area contributed by atoms with Crippen LogP contribution in [0.1, 0.15) is 35.8 Å². The van der Waals surface area contributed by atoms with Crippen molar-refractivity contribution in [3.8, 4) is 0 Å². The Labute approximate surface area is 119 Å². The van der Waals surface area contributed by atoms with E-state index in [1.165, 1.54) is 24.0 Å². The largest absolute Gasteiger partial charge is 0.468 e. The number of nitrogens with zero attached hydrogens (tertiary/aromatic N) is 1. The van der Waals surface area contributed by atoms with Crippen LogP contribution in [0.4, 0.5) is 0 Å². The lowest BCUT2D eigenvalue weighted by molar-refractivity contribution is 0.123. The average Bonchev–Trinajstić information content (AvgIpc) is 2.99. The normalized spacial score (nSPS) is 18.2. The van der Waals surface area contributed by atoms with E-state index in [4.69, 9.17) is 4.42 Å². The van der Waals surface area contributed by atoms with E-state index >= 15 is 0 Å². The number of hydrogen-bond acceptors (Lipinski definition) is 3. The van der Waals surface area contributed by atoms with Gasteiger partial charge in [0.2, 0.25) is 0 Å². The number of fused-ring (bicyclic) bond motifs is 1. The molecule has 3 heteroatoms. The highest BCUT2D eigenvalue weighted by Crippen LogP contribution is 2.34. The molecule has 3 rings (SSSR count). The van der Waals surface area contributed by atoms with Crippen molar-refractivity contribution < 1.29 is 9.52 Å². The molecule has 1 N–H and O–H groups in total. The van der Waals surface area contributed by atoms with Gasteiger partial charge in [0.05, 0.1) is 19.4 Å². The molecule has 1 aromatic carbocycles. The van der Waals surface area contributed by atoms with Gasteiger partial charge in [-0.2, -0.15) is 0 Å². The van der Waals surface area contributed by atoms with Crippen LogP contribution in [0.15, 0.2) is 47.1 Å². The molecule has 1 atom stereocenters. The van der Waals surface area contributed by atoms with Crippen molar-refractivity contribution >= 4 is 0 Å². The van der Waals surface area contributed by atoms with Crippen LogP contribution in [-0.2, 0) is 13.0 Å². The predicted octanol–water partition coefficient (Wildman–Crippen LogP) is 3.15. The maximum Gasteiger partial charge on any atom is 0.117 e.